The van der Waals surface area contributed by atoms with Crippen LogP contribution in [0.2, 0.25) is 0 Å². The van der Waals surface area contributed by atoms with Gasteiger partial charge in [-0.3, -0.25) is 0 Å². The lowest BCUT2D eigenvalue weighted by atomic mass is 10.2. The maximum Gasteiger partial charge on any atom is 0.431 e. The molecule has 0 fully saturated rings. The smallest absolute Gasteiger partial charge is 0.351 e. The number of amides is 2. The predicted molar refractivity (Wildman–Crippen MR) is 82.4 cm³/mol. The number of carbonyl (C=O) groups excluding carboxylic acids is 1. The molecule has 1 heterocycles. The first-order valence-corrected chi connectivity index (χ1v) is 6.75. The van der Waals surface area contributed by atoms with E-state index in [2.05, 4.69) is 15.6 Å². The van der Waals surface area contributed by atoms with Gasteiger partial charge in [-0.1, -0.05) is 18.2 Å². The van der Waals surface area contributed by atoms with Crippen molar-refractivity contribution in [2.45, 2.75) is 6.18 Å². The summed E-state index contributed by atoms with van der Waals surface area (Å²) in [7, 11) is 0. The molecule has 118 valence electrons. The summed E-state index contributed by atoms with van der Waals surface area (Å²) in [5, 5.41) is 5.59. The van der Waals surface area contributed by atoms with Crippen LogP contribution in [0.15, 0.2) is 54.6 Å². The van der Waals surface area contributed by atoms with E-state index in [0.717, 1.165) is 6.07 Å². The second kappa shape index (κ2) is 5.68. The minimum atomic E-state index is -4.43. The zero-order valence-corrected chi connectivity index (χ0v) is 11.7. The molecule has 2 amide bonds. The zero-order chi connectivity index (χ0) is 16.4. The van der Waals surface area contributed by atoms with Crippen molar-refractivity contribution >= 4 is 28.3 Å². The van der Waals surface area contributed by atoms with Crippen molar-refractivity contribution in [1.29, 1.82) is 0 Å². The number of para-hydroxylation sites is 1. The molecule has 3 N–H and O–H groups in total. The van der Waals surface area contributed by atoms with E-state index in [-0.39, 0.29) is 0 Å². The van der Waals surface area contributed by atoms with E-state index in [1.165, 1.54) is 18.2 Å². The minimum Gasteiger partial charge on any atom is -0.351 e. The maximum atomic E-state index is 12.7. The standard InChI is InChI=1S/C16H12F3N3O/c17-16(18,19)14-9-10-8-12(6-7-13(10)22-14)21-15(23)20-11-4-2-1-3-5-11/h1-9,22H,(H2,20,21,23). The van der Waals surface area contributed by atoms with Crippen LogP contribution in [0.1, 0.15) is 5.69 Å². The van der Waals surface area contributed by atoms with Crippen molar-refractivity contribution in [3.8, 4) is 0 Å². The van der Waals surface area contributed by atoms with E-state index in [9.17, 15) is 18.0 Å². The molecule has 0 atom stereocenters. The van der Waals surface area contributed by atoms with E-state index < -0.39 is 17.9 Å². The number of aromatic amines is 1. The first-order chi connectivity index (χ1) is 10.9. The third kappa shape index (κ3) is 3.45. The van der Waals surface area contributed by atoms with Gasteiger partial charge in [-0.2, -0.15) is 13.2 Å². The van der Waals surface area contributed by atoms with Crippen LogP contribution in [0.25, 0.3) is 10.9 Å². The van der Waals surface area contributed by atoms with Gasteiger partial charge < -0.3 is 15.6 Å². The van der Waals surface area contributed by atoms with Gasteiger partial charge in [0, 0.05) is 22.3 Å². The Hall–Kier alpha value is -2.96. The van der Waals surface area contributed by atoms with E-state index in [0.29, 0.717) is 22.3 Å². The average molecular weight is 319 g/mol. The fourth-order valence-corrected chi connectivity index (χ4v) is 2.18. The maximum absolute atomic E-state index is 12.7. The molecule has 0 unspecified atom stereocenters. The van der Waals surface area contributed by atoms with Crippen LogP contribution in [0, 0.1) is 0 Å². The predicted octanol–water partition coefficient (Wildman–Crippen LogP) is 4.83. The van der Waals surface area contributed by atoms with Crippen LogP contribution in [0.3, 0.4) is 0 Å². The number of benzene rings is 2. The van der Waals surface area contributed by atoms with Crippen LogP contribution in [-0.4, -0.2) is 11.0 Å². The number of H-pyrrole nitrogens is 1. The summed E-state index contributed by atoms with van der Waals surface area (Å²) in [6, 6.07) is 13.9. The molecule has 0 aliphatic heterocycles. The van der Waals surface area contributed by atoms with Crippen LogP contribution < -0.4 is 10.6 Å². The SMILES string of the molecule is O=C(Nc1ccccc1)Nc1ccc2[nH]c(C(F)(F)F)cc2c1. The number of alkyl halides is 3. The topological polar surface area (TPSA) is 56.9 Å². The number of hydrogen-bond acceptors (Lipinski definition) is 1. The summed E-state index contributed by atoms with van der Waals surface area (Å²) >= 11 is 0. The quantitative estimate of drug-likeness (QED) is 0.622. The van der Waals surface area contributed by atoms with E-state index in [4.69, 9.17) is 0 Å². The Bertz CT molecular complexity index is 841. The zero-order valence-electron chi connectivity index (χ0n) is 11.7. The van der Waals surface area contributed by atoms with Crippen molar-refractivity contribution in [3.63, 3.8) is 0 Å². The first-order valence-electron chi connectivity index (χ1n) is 6.75. The molecule has 0 aliphatic rings. The Morgan fingerprint density at radius 3 is 2.30 bits per heavy atom. The minimum absolute atomic E-state index is 0.353. The van der Waals surface area contributed by atoms with Gasteiger partial charge in [0.15, 0.2) is 0 Å². The number of fused-ring (bicyclic) bond motifs is 1. The van der Waals surface area contributed by atoms with Crippen LogP contribution >= 0.6 is 0 Å². The van der Waals surface area contributed by atoms with Crippen molar-refractivity contribution in [2.75, 3.05) is 10.6 Å². The van der Waals surface area contributed by atoms with Gasteiger partial charge in [-0.25, -0.2) is 4.79 Å². The highest BCUT2D eigenvalue weighted by Gasteiger charge is 2.32. The van der Waals surface area contributed by atoms with Crippen LogP contribution in [-0.2, 0) is 6.18 Å². The molecule has 0 bridgehead atoms. The van der Waals surface area contributed by atoms with Crippen LogP contribution in [0.5, 0.6) is 0 Å². The average Bonchev–Trinajstić information content (AvgIpc) is 2.91. The van der Waals surface area contributed by atoms with Gasteiger partial charge in [-0.05, 0) is 36.4 Å². The fourth-order valence-electron chi connectivity index (χ4n) is 2.18. The molecule has 2 aromatic carbocycles. The summed E-state index contributed by atoms with van der Waals surface area (Å²) in [5.41, 5.74) is 0.551. The van der Waals surface area contributed by atoms with Gasteiger partial charge in [-0.15, -0.1) is 0 Å². The number of anilines is 2. The monoisotopic (exact) mass is 319 g/mol. The van der Waals surface area contributed by atoms with Gasteiger partial charge >= 0.3 is 12.2 Å². The van der Waals surface area contributed by atoms with Gasteiger partial charge in [0.05, 0.1) is 0 Å². The number of nitrogens with one attached hydrogen (secondary N) is 3. The molecule has 0 saturated carbocycles. The lowest BCUT2D eigenvalue weighted by Crippen LogP contribution is -2.19. The molecule has 3 aromatic rings. The third-order valence-electron chi connectivity index (χ3n) is 3.22. The number of halogens is 3. The fraction of sp³-hybridized carbons (Fsp3) is 0.0625. The second-order valence-electron chi connectivity index (χ2n) is 4.93. The highest BCUT2D eigenvalue weighted by atomic mass is 19.4. The Labute approximate surface area is 129 Å². The summed E-state index contributed by atoms with van der Waals surface area (Å²) in [6.45, 7) is 0. The molecule has 0 saturated heterocycles. The van der Waals surface area contributed by atoms with Crippen LogP contribution in [0.4, 0.5) is 29.3 Å². The summed E-state index contributed by atoms with van der Waals surface area (Å²) in [4.78, 5) is 14.2. The van der Waals surface area contributed by atoms with Crippen molar-refractivity contribution in [1.82, 2.24) is 4.98 Å². The number of aromatic nitrogens is 1. The van der Waals surface area contributed by atoms with E-state index in [1.807, 2.05) is 6.07 Å². The molecular formula is C16H12F3N3O. The number of carbonyl (C=O) groups is 1. The summed E-state index contributed by atoms with van der Waals surface area (Å²) in [6.07, 6.45) is -4.43. The molecular weight excluding hydrogens is 307 g/mol. The van der Waals surface area contributed by atoms with Gasteiger partial charge in [0.1, 0.15) is 5.69 Å². The third-order valence-corrected chi connectivity index (χ3v) is 3.22. The summed E-state index contributed by atoms with van der Waals surface area (Å²) in [5.74, 6) is 0. The largest absolute Gasteiger partial charge is 0.431 e. The summed E-state index contributed by atoms with van der Waals surface area (Å²) < 4.78 is 38.0. The molecule has 0 radical (unpaired) electrons. The molecule has 7 heteroatoms. The van der Waals surface area contributed by atoms with Crippen molar-refractivity contribution < 1.29 is 18.0 Å². The lowest BCUT2D eigenvalue weighted by Gasteiger charge is -2.07. The highest BCUT2D eigenvalue weighted by Crippen LogP contribution is 2.31. The first kappa shape index (κ1) is 15.0. The molecule has 23 heavy (non-hydrogen) atoms. The highest BCUT2D eigenvalue weighted by molar-refractivity contribution is 6.01. The Kier molecular flexibility index (Phi) is 3.69. The number of rotatable bonds is 2. The molecule has 1 aromatic heterocycles. The molecule has 3 rings (SSSR count). The van der Waals surface area contributed by atoms with E-state index >= 15 is 0 Å². The van der Waals surface area contributed by atoms with E-state index in [1.54, 1.807) is 24.3 Å². The Morgan fingerprint density at radius 1 is 0.913 bits per heavy atom. The van der Waals surface area contributed by atoms with Crippen molar-refractivity contribution in [3.05, 3.63) is 60.3 Å². The Morgan fingerprint density at radius 2 is 1.61 bits per heavy atom. The number of hydrogen-bond donors (Lipinski definition) is 3. The second-order valence-corrected chi connectivity index (χ2v) is 4.93. The normalized spacial score (nSPS) is 11.4. The molecule has 0 spiro atoms. The van der Waals surface area contributed by atoms with Crippen molar-refractivity contribution in [2.24, 2.45) is 0 Å². The molecule has 0 aliphatic carbocycles. The van der Waals surface area contributed by atoms with Gasteiger partial charge in [0.2, 0.25) is 0 Å². The lowest BCUT2D eigenvalue weighted by molar-refractivity contribution is -0.140. The van der Waals surface area contributed by atoms with Gasteiger partial charge in [0.25, 0.3) is 0 Å². The Balaban J connectivity index is 1.77. The number of urea groups is 1. The molecule has 4 nitrogen and oxygen atoms in total.